The highest BCUT2D eigenvalue weighted by Crippen LogP contribution is 2.29. The number of aromatic nitrogens is 3. The molecule has 4 heterocycles. The van der Waals surface area contributed by atoms with Crippen LogP contribution < -0.4 is 4.90 Å². The normalized spacial score (nSPS) is 18.3. The molecule has 2 aliphatic rings. The van der Waals surface area contributed by atoms with Crippen molar-refractivity contribution in [2.45, 2.75) is 12.8 Å². The summed E-state index contributed by atoms with van der Waals surface area (Å²) >= 11 is 1.58. The molecule has 7 nitrogen and oxygen atoms in total. The second-order valence-corrected chi connectivity index (χ2v) is 8.69. The SMILES string of the molecule is Cn1cc2c(n1)CCCN(CCN1CCN(c3nsc4ccccc34)CC1)C2=O. The van der Waals surface area contributed by atoms with Gasteiger partial charge in [0.05, 0.1) is 16.0 Å². The highest BCUT2D eigenvalue weighted by Gasteiger charge is 2.26. The molecule has 0 atom stereocenters. The lowest BCUT2D eigenvalue weighted by atomic mass is 10.2. The Balaban J connectivity index is 1.18. The number of benzene rings is 1. The summed E-state index contributed by atoms with van der Waals surface area (Å²) in [5.74, 6) is 1.26. The van der Waals surface area contributed by atoms with Gasteiger partial charge >= 0.3 is 0 Å². The van der Waals surface area contributed by atoms with E-state index >= 15 is 0 Å². The average Bonchev–Trinajstić information content (AvgIpc) is 3.30. The molecule has 0 aliphatic carbocycles. The van der Waals surface area contributed by atoms with Gasteiger partial charge in [0.1, 0.15) is 5.82 Å². The number of anilines is 1. The van der Waals surface area contributed by atoms with Crippen molar-refractivity contribution in [3.05, 3.63) is 41.7 Å². The molecule has 0 unspecified atom stereocenters. The fourth-order valence-corrected chi connectivity index (χ4v) is 5.16. The number of hydrogen-bond donors (Lipinski definition) is 0. The van der Waals surface area contributed by atoms with Gasteiger partial charge < -0.3 is 9.80 Å². The summed E-state index contributed by atoms with van der Waals surface area (Å²) in [7, 11) is 1.89. The fourth-order valence-electron chi connectivity index (χ4n) is 4.37. The van der Waals surface area contributed by atoms with Crippen LogP contribution in [0.2, 0.25) is 0 Å². The molecule has 3 aromatic rings. The third-order valence-electron chi connectivity index (χ3n) is 5.98. The Hall–Kier alpha value is -2.45. The van der Waals surface area contributed by atoms with Crippen molar-refractivity contribution in [2.75, 3.05) is 50.7 Å². The standard InChI is InChI=1S/C21H26N6OS/c1-24-15-17-18(22-24)6-4-8-27(21(17)28)14-11-25-9-12-26(13-10-25)20-16-5-2-3-7-19(16)29-23-20/h2-3,5,7,15H,4,6,8-14H2,1H3. The molecular weight excluding hydrogens is 384 g/mol. The Morgan fingerprint density at radius 1 is 1.07 bits per heavy atom. The summed E-state index contributed by atoms with van der Waals surface area (Å²) in [6.45, 7) is 6.50. The van der Waals surface area contributed by atoms with Crippen molar-refractivity contribution < 1.29 is 4.79 Å². The van der Waals surface area contributed by atoms with Gasteiger partial charge in [-0.1, -0.05) is 12.1 Å². The number of fused-ring (bicyclic) bond motifs is 2. The molecule has 152 valence electrons. The maximum Gasteiger partial charge on any atom is 0.257 e. The number of carbonyl (C=O) groups excluding carboxylic acids is 1. The first kappa shape index (κ1) is 18.6. The zero-order chi connectivity index (χ0) is 19.8. The van der Waals surface area contributed by atoms with Crippen LogP contribution in [0, 0.1) is 0 Å². The molecule has 0 spiro atoms. The van der Waals surface area contributed by atoms with Crippen molar-refractivity contribution in [1.29, 1.82) is 0 Å². The number of carbonyl (C=O) groups is 1. The average molecular weight is 411 g/mol. The molecule has 1 saturated heterocycles. The van der Waals surface area contributed by atoms with Crippen LogP contribution in [0.25, 0.3) is 10.1 Å². The molecule has 0 bridgehead atoms. The maximum atomic E-state index is 12.9. The molecular formula is C21H26N6OS. The predicted octanol–water partition coefficient (Wildman–Crippen LogP) is 2.24. The van der Waals surface area contributed by atoms with Crippen molar-refractivity contribution in [3.63, 3.8) is 0 Å². The molecule has 2 aromatic heterocycles. The first-order valence-electron chi connectivity index (χ1n) is 10.3. The molecule has 2 aliphatic heterocycles. The van der Waals surface area contributed by atoms with Crippen LogP contribution in [0.5, 0.6) is 0 Å². The second-order valence-electron chi connectivity index (χ2n) is 7.89. The third-order valence-corrected chi connectivity index (χ3v) is 6.80. The molecule has 1 amide bonds. The fraction of sp³-hybridized carbons (Fsp3) is 0.476. The van der Waals surface area contributed by atoms with Crippen LogP contribution in [0.1, 0.15) is 22.5 Å². The third kappa shape index (κ3) is 3.62. The highest BCUT2D eigenvalue weighted by atomic mass is 32.1. The van der Waals surface area contributed by atoms with Gasteiger partial charge in [0, 0.05) is 64.4 Å². The van der Waals surface area contributed by atoms with Crippen molar-refractivity contribution in [3.8, 4) is 0 Å². The van der Waals surface area contributed by atoms with E-state index in [1.165, 1.54) is 10.1 Å². The highest BCUT2D eigenvalue weighted by molar-refractivity contribution is 7.13. The maximum absolute atomic E-state index is 12.9. The quantitative estimate of drug-likeness (QED) is 0.660. The monoisotopic (exact) mass is 410 g/mol. The topological polar surface area (TPSA) is 57.5 Å². The minimum atomic E-state index is 0.137. The zero-order valence-electron chi connectivity index (χ0n) is 16.8. The van der Waals surface area contributed by atoms with Crippen LogP contribution in [0.15, 0.2) is 30.5 Å². The summed E-state index contributed by atoms with van der Waals surface area (Å²) in [5, 5.41) is 5.71. The predicted molar refractivity (Wildman–Crippen MR) is 116 cm³/mol. The molecule has 5 rings (SSSR count). The first-order valence-corrected chi connectivity index (χ1v) is 11.1. The number of piperazine rings is 1. The minimum absolute atomic E-state index is 0.137. The van der Waals surface area contributed by atoms with Gasteiger partial charge in [0.15, 0.2) is 0 Å². The van der Waals surface area contributed by atoms with Gasteiger partial charge in [0.2, 0.25) is 0 Å². The lowest BCUT2D eigenvalue weighted by Crippen LogP contribution is -2.49. The Morgan fingerprint density at radius 2 is 1.90 bits per heavy atom. The summed E-state index contributed by atoms with van der Waals surface area (Å²) in [6, 6.07) is 8.46. The van der Waals surface area contributed by atoms with Gasteiger partial charge in [-0.2, -0.15) is 9.47 Å². The molecule has 0 radical (unpaired) electrons. The van der Waals surface area contributed by atoms with E-state index in [0.29, 0.717) is 0 Å². The van der Waals surface area contributed by atoms with Crippen molar-refractivity contribution >= 4 is 33.3 Å². The van der Waals surface area contributed by atoms with Gasteiger partial charge in [-0.05, 0) is 36.5 Å². The Labute approximate surface area is 174 Å². The number of hydrogen-bond acceptors (Lipinski definition) is 6. The number of nitrogens with zero attached hydrogens (tertiary/aromatic N) is 6. The van der Waals surface area contributed by atoms with Gasteiger partial charge in [-0.3, -0.25) is 14.4 Å². The summed E-state index contributed by atoms with van der Waals surface area (Å²) < 4.78 is 7.70. The van der Waals surface area contributed by atoms with Gasteiger partial charge in [-0.15, -0.1) is 0 Å². The zero-order valence-corrected chi connectivity index (χ0v) is 17.6. The van der Waals surface area contributed by atoms with E-state index in [1.807, 2.05) is 18.1 Å². The lowest BCUT2D eigenvalue weighted by molar-refractivity contribution is 0.0738. The summed E-state index contributed by atoms with van der Waals surface area (Å²) in [4.78, 5) is 19.8. The molecule has 0 saturated carbocycles. The summed E-state index contributed by atoms with van der Waals surface area (Å²) in [5.41, 5.74) is 1.73. The van der Waals surface area contributed by atoms with E-state index in [0.717, 1.165) is 75.7 Å². The van der Waals surface area contributed by atoms with E-state index in [-0.39, 0.29) is 5.91 Å². The molecule has 29 heavy (non-hydrogen) atoms. The lowest BCUT2D eigenvalue weighted by Gasteiger charge is -2.36. The smallest absolute Gasteiger partial charge is 0.257 e. The van der Waals surface area contributed by atoms with E-state index < -0.39 is 0 Å². The van der Waals surface area contributed by atoms with Gasteiger partial charge in [-0.25, -0.2) is 0 Å². The van der Waals surface area contributed by atoms with E-state index in [9.17, 15) is 4.79 Å². The van der Waals surface area contributed by atoms with Crippen LogP contribution in [0.3, 0.4) is 0 Å². The van der Waals surface area contributed by atoms with E-state index in [2.05, 4.69) is 39.2 Å². The Bertz CT molecular complexity index is 1020. The molecule has 1 fully saturated rings. The van der Waals surface area contributed by atoms with Crippen molar-refractivity contribution in [1.82, 2.24) is 24.0 Å². The number of rotatable bonds is 4. The molecule has 0 N–H and O–H groups in total. The van der Waals surface area contributed by atoms with Crippen LogP contribution in [-0.4, -0.2) is 75.7 Å². The van der Waals surface area contributed by atoms with Crippen LogP contribution in [0.4, 0.5) is 5.82 Å². The molecule has 8 heteroatoms. The van der Waals surface area contributed by atoms with Gasteiger partial charge in [0.25, 0.3) is 5.91 Å². The van der Waals surface area contributed by atoms with E-state index in [1.54, 1.807) is 16.2 Å². The first-order chi connectivity index (χ1) is 14.2. The largest absolute Gasteiger partial charge is 0.353 e. The van der Waals surface area contributed by atoms with Crippen LogP contribution >= 0.6 is 11.5 Å². The molecule has 1 aromatic carbocycles. The minimum Gasteiger partial charge on any atom is -0.353 e. The number of amides is 1. The Kier molecular flexibility index (Phi) is 4.97. The summed E-state index contributed by atoms with van der Waals surface area (Å²) in [6.07, 6.45) is 3.74. The van der Waals surface area contributed by atoms with E-state index in [4.69, 9.17) is 4.37 Å². The van der Waals surface area contributed by atoms with Crippen molar-refractivity contribution in [2.24, 2.45) is 7.05 Å². The Morgan fingerprint density at radius 3 is 2.76 bits per heavy atom. The van der Waals surface area contributed by atoms with Crippen LogP contribution in [-0.2, 0) is 13.5 Å². The second kappa shape index (κ2) is 7.76. The number of aryl methyl sites for hydroxylation is 2.